The highest BCUT2D eigenvalue weighted by Gasteiger charge is 2.38. The van der Waals surface area contributed by atoms with Gasteiger partial charge in [-0.05, 0) is 30.5 Å². The van der Waals surface area contributed by atoms with Crippen LogP contribution in [0, 0.1) is 0 Å². The van der Waals surface area contributed by atoms with E-state index in [2.05, 4.69) is 10.4 Å². The zero-order valence-electron chi connectivity index (χ0n) is 11.2. The number of hydrogen-bond donors (Lipinski definition) is 1. The van der Waals surface area contributed by atoms with Gasteiger partial charge in [-0.2, -0.15) is 18.3 Å². The van der Waals surface area contributed by atoms with Crippen LogP contribution in [0.4, 0.5) is 18.9 Å². The Balaban J connectivity index is 2.24. The second kappa shape index (κ2) is 5.80. The predicted octanol–water partition coefficient (Wildman–Crippen LogP) is 3.41. The van der Waals surface area contributed by atoms with E-state index in [1.807, 2.05) is 6.26 Å². The number of hydrogen-bond acceptors (Lipinski definition) is 3. The molecular formula is C13H12F3N3OS. The van der Waals surface area contributed by atoms with Crippen molar-refractivity contribution in [3.05, 3.63) is 41.7 Å². The Morgan fingerprint density at radius 2 is 1.90 bits per heavy atom. The maximum Gasteiger partial charge on any atom is 0.435 e. The van der Waals surface area contributed by atoms with Crippen molar-refractivity contribution in [3.63, 3.8) is 0 Å². The summed E-state index contributed by atoms with van der Waals surface area (Å²) in [5.41, 5.74) is -1.27. The number of amides is 1. The molecule has 0 bridgehead atoms. The molecule has 1 aromatic carbocycles. The highest BCUT2D eigenvalue weighted by Crippen LogP contribution is 2.31. The molecule has 2 aromatic rings. The van der Waals surface area contributed by atoms with Crippen molar-refractivity contribution in [2.45, 2.75) is 11.1 Å². The van der Waals surface area contributed by atoms with Crippen LogP contribution in [0.3, 0.4) is 0 Å². The Kier molecular flexibility index (Phi) is 4.26. The van der Waals surface area contributed by atoms with E-state index >= 15 is 0 Å². The normalized spacial score (nSPS) is 11.5. The van der Waals surface area contributed by atoms with E-state index in [1.54, 1.807) is 24.3 Å². The van der Waals surface area contributed by atoms with Gasteiger partial charge < -0.3 is 5.32 Å². The minimum atomic E-state index is -4.67. The van der Waals surface area contributed by atoms with E-state index in [-0.39, 0.29) is 0 Å². The molecule has 1 N–H and O–H groups in total. The maximum atomic E-state index is 12.8. The SMILES string of the molecule is CSc1ccc(NC(=O)c2cn(C)nc2C(F)(F)F)cc1. The zero-order valence-corrected chi connectivity index (χ0v) is 12.0. The molecule has 0 spiro atoms. The van der Waals surface area contributed by atoms with E-state index in [0.717, 1.165) is 15.8 Å². The number of aromatic nitrogens is 2. The highest BCUT2D eigenvalue weighted by molar-refractivity contribution is 7.98. The summed E-state index contributed by atoms with van der Waals surface area (Å²) in [5, 5.41) is 5.73. The van der Waals surface area contributed by atoms with Gasteiger partial charge in [0.05, 0.1) is 5.56 Å². The first-order valence-corrected chi connectivity index (χ1v) is 7.10. The smallest absolute Gasteiger partial charge is 0.322 e. The highest BCUT2D eigenvalue weighted by atomic mass is 32.2. The lowest BCUT2D eigenvalue weighted by Crippen LogP contribution is -2.17. The van der Waals surface area contributed by atoms with E-state index in [0.29, 0.717) is 5.69 Å². The number of carbonyl (C=O) groups excluding carboxylic acids is 1. The summed E-state index contributed by atoms with van der Waals surface area (Å²) >= 11 is 1.53. The molecule has 0 saturated carbocycles. The molecule has 4 nitrogen and oxygen atoms in total. The lowest BCUT2D eigenvalue weighted by Gasteiger charge is -2.07. The first-order chi connectivity index (χ1) is 9.81. The second-order valence-electron chi connectivity index (χ2n) is 4.25. The Morgan fingerprint density at radius 1 is 1.29 bits per heavy atom. The minimum Gasteiger partial charge on any atom is -0.322 e. The molecule has 112 valence electrons. The van der Waals surface area contributed by atoms with Gasteiger partial charge in [0.2, 0.25) is 0 Å². The molecule has 0 radical (unpaired) electrons. The molecule has 1 heterocycles. The molecule has 21 heavy (non-hydrogen) atoms. The van der Waals surface area contributed by atoms with Gasteiger partial charge in [0.15, 0.2) is 5.69 Å². The second-order valence-corrected chi connectivity index (χ2v) is 5.13. The average Bonchev–Trinajstić information content (AvgIpc) is 2.82. The fourth-order valence-electron chi connectivity index (χ4n) is 1.74. The van der Waals surface area contributed by atoms with E-state index in [1.165, 1.54) is 18.8 Å². The van der Waals surface area contributed by atoms with Crippen molar-refractivity contribution in [2.75, 3.05) is 11.6 Å². The van der Waals surface area contributed by atoms with Gasteiger partial charge >= 0.3 is 6.18 Å². The van der Waals surface area contributed by atoms with Crippen LogP contribution in [0.1, 0.15) is 16.1 Å². The van der Waals surface area contributed by atoms with Gasteiger partial charge in [0.1, 0.15) is 0 Å². The van der Waals surface area contributed by atoms with E-state index in [4.69, 9.17) is 0 Å². The molecule has 2 rings (SSSR count). The van der Waals surface area contributed by atoms with Crippen molar-refractivity contribution in [1.29, 1.82) is 0 Å². The standard InChI is InChI=1S/C13H12F3N3OS/c1-19-7-10(11(18-19)13(14,15)16)12(20)17-8-3-5-9(21-2)6-4-8/h3-7H,1-2H3,(H,17,20). The number of alkyl halides is 3. The van der Waals surface area contributed by atoms with Gasteiger partial charge in [-0.3, -0.25) is 9.48 Å². The number of rotatable bonds is 3. The molecule has 8 heteroatoms. The molecule has 1 amide bonds. The molecule has 1 aromatic heterocycles. The third kappa shape index (κ3) is 3.57. The molecule has 0 aliphatic rings. The van der Waals surface area contributed by atoms with Crippen LogP contribution in [0.5, 0.6) is 0 Å². The van der Waals surface area contributed by atoms with Crippen LogP contribution < -0.4 is 5.32 Å². The van der Waals surface area contributed by atoms with Gasteiger partial charge in [-0.15, -0.1) is 11.8 Å². The van der Waals surface area contributed by atoms with Crippen LogP contribution in [-0.2, 0) is 13.2 Å². The Bertz CT molecular complexity index is 650. The number of anilines is 1. The third-order valence-electron chi connectivity index (χ3n) is 2.69. The Labute approximate surface area is 123 Å². The summed E-state index contributed by atoms with van der Waals surface area (Å²) < 4.78 is 39.4. The monoisotopic (exact) mass is 315 g/mol. The number of nitrogens with one attached hydrogen (secondary N) is 1. The predicted molar refractivity (Wildman–Crippen MR) is 74.4 cm³/mol. The number of benzene rings is 1. The van der Waals surface area contributed by atoms with Crippen LogP contribution in [0.15, 0.2) is 35.4 Å². The quantitative estimate of drug-likeness (QED) is 0.883. The lowest BCUT2D eigenvalue weighted by atomic mass is 10.2. The summed E-state index contributed by atoms with van der Waals surface area (Å²) in [7, 11) is 1.33. The van der Waals surface area contributed by atoms with Gasteiger partial charge in [-0.25, -0.2) is 0 Å². The largest absolute Gasteiger partial charge is 0.435 e. The topological polar surface area (TPSA) is 46.9 Å². The van der Waals surface area contributed by atoms with Crippen molar-refractivity contribution in [2.24, 2.45) is 7.05 Å². The number of nitrogens with zero attached hydrogens (tertiary/aromatic N) is 2. The van der Waals surface area contributed by atoms with Crippen molar-refractivity contribution < 1.29 is 18.0 Å². The molecular weight excluding hydrogens is 303 g/mol. The maximum absolute atomic E-state index is 12.8. The average molecular weight is 315 g/mol. The fourth-order valence-corrected chi connectivity index (χ4v) is 2.15. The third-order valence-corrected chi connectivity index (χ3v) is 3.43. The van der Waals surface area contributed by atoms with E-state index < -0.39 is 23.3 Å². The molecule has 0 saturated heterocycles. The summed E-state index contributed by atoms with van der Waals surface area (Å²) in [5.74, 6) is -0.840. The van der Waals surface area contributed by atoms with Gasteiger partial charge in [0, 0.05) is 23.8 Å². The van der Waals surface area contributed by atoms with Crippen molar-refractivity contribution >= 4 is 23.4 Å². The Hall–Kier alpha value is -1.96. The summed E-state index contributed by atoms with van der Waals surface area (Å²) in [4.78, 5) is 13.0. The first kappa shape index (κ1) is 15.4. The van der Waals surface area contributed by atoms with Gasteiger partial charge in [-0.1, -0.05) is 0 Å². The summed E-state index contributed by atoms with van der Waals surface area (Å²) in [6.45, 7) is 0. The van der Waals surface area contributed by atoms with Crippen LogP contribution in [-0.4, -0.2) is 21.9 Å². The molecule has 0 unspecified atom stereocenters. The first-order valence-electron chi connectivity index (χ1n) is 5.87. The zero-order chi connectivity index (χ0) is 15.6. The summed E-state index contributed by atoms with van der Waals surface area (Å²) in [6.07, 6.45) is -1.72. The van der Waals surface area contributed by atoms with Crippen molar-refractivity contribution in [1.82, 2.24) is 9.78 Å². The minimum absolute atomic E-state index is 0.426. The number of halogens is 3. The van der Waals surface area contributed by atoms with E-state index in [9.17, 15) is 18.0 Å². The number of aryl methyl sites for hydroxylation is 1. The molecule has 0 fully saturated rings. The van der Waals surface area contributed by atoms with Crippen LogP contribution in [0.25, 0.3) is 0 Å². The summed E-state index contributed by atoms with van der Waals surface area (Å²) in [6, 6.07) is 6.81. The number of thioether (sulfide) groups is 1. The van der Waals surface area contributed by atoms with Crippen LogP contribution in [0.2, 0.25) is 0 Å². The molecule has 0 aliphatic heterocycles. The van der Waals surface area contributed by atoms with Gasteiger partial charge in [0.25, 0.3) is 5.91 Å². The number of carbonyl (C=O) groups is 1. The molecule has 0 aliphatic carbocycles. The van der Waals surface area contributed by atoms with Crippen molar-refractivity contribution in [3.8, 4) is 0 Å². The lowest BCUT2D eigenvalue weighted by molar-refractivity contribution is -0.141. The van der Waals surface area contributed by atoms with Crippen LogP contribution >= 0.6 is 11.8 Å². The Morgan fingerprint density at radius 3 is 2.43 bits per heavy atom. The fraction of sp³-hybridized carbons (Fsp3) is 0.231. The molecule has 0 atom stereocenters.